The molecule has 0 N–H and O–H groups in total. The van der Waals surface area contributed by atoms with Crippen molar-refractivity contribution in [1.29, 1.82) is 0 Å². The summed E-state index contributed by atoms with van der Waals surface area (Å²) in [6.07, 6.45) is 15.2. The number of hydrogen-bond acceptors (Lipinski definition) is 14. The number of hydrogen-bond donors (Lipinski definition) is 0. The topological polar surface area (TPSA) is 170 Å². The fourth-order valence-electron chi connectivity index (χ4n) is 19.9. The normalized spacial score (nSPS) is 25.2. The van der Waals surface area contributed by atoms with Crippen LogP contribution in [0.3, 0.4) is 0 Å². The van der Waals surface area contributed by atoms with Gasteiger partial charge in [-0.15, -0.1) is 0 Å². The van der Waals surface area contributed by atoms with Crippen LogP contribution in [-0.2, 0) is 59.2 Å². The van der Waals surface area contributed by atoms with Crippen molar-refractivity contribution in [3.63, 3.8) is 0 Å². The van der Waals surface area contributed by atoms with E-state index in [0.717, 1.165) is 144 Å². The molecule has 19 rings (SSSR count). The molecule has 2 aliphatic heterocycles. The molecule has 2 spiro atoms. The van der Waals surface area contributed by atoms with Crippen LogP contribution in [0.15, 0.2) is 188 Å². The summed E-state index contributed by atoms with van der Waals surface area (Å²) in [4.78, 5) is 56.6. The van der Waals surface area contributed by atoms with Gasteiger partial charge in [0.05, 0.1) is 72.0 Å². The third-order valence-corrected chi connectivity index (χ3v) is 26.1. The van der Waals surface area contributed by atoms with Gasteiger partial charge in [0, 0.05) is 133 Å². The van der Waals surface area contributed by atoms with Crippen molar-refractivity contribution in [3.8, 4) is 90.5 Å². The molecule has 5 aromatic carbocycles. The standard InChI is InChI=1S/C33H32FN3O2.C31H28FN3O.C27H27ClFN3O2/c1-21-26-14-13-25-29(24-10-6-7-11-27(24)34)36-31(23-12-15-28(35-20-23)22-8-4-3-5-9-22)37-30(25)32(26,2)16-17-33(21)38-18-19-39-33;1-19-24-14-13-23-28(22-10-6-7-11-25(22)32)34-30(35-29(23)31(24,2)17-16-27(19)36)21-12-15-26(33-18-21)20-8-4-3-5-9-20;1-16-20-9-8-19-23(18-5-3-4-6-21(18)29)31-25(17-7-10-22(28)30-15-17)32-24(19)26(20,2)11-12-27(16)33-13-14-34-27/h3-12,15,20-21,26H,13-14,16-19H2,1-2H3;3-12,15,18-19,24H,13-14,16-17H2,1-2H3;3-7,10,15-16,20H,8-9,11-14H2,1-2H3/t21-,26-,32-;19-,24-,31-;16-,20-,26-/m111/s1. The minimum Gasteiger partial charge on any atom is -0.347 e. The van der Waals surface area contributed by atoms with Gasteiger partial charge >= 0.3 is 0 Å². The van der Waals surface area contributed by atoms with Crippen LogP contribution in [0.1, 0.15) is 133 Å². The Bertz CT molecular complexity index is 5240. The Morgan fingerprint density at radius 3 is 1.08 bits per heavy atom. The Morgan fingerprint density at radius 1 is 0.376 bits per heavy atom. The molecule has 8 heterocycles. The smallest absolute Gasteiger partial charge is 0.171 e. The number of ketones is 1. The average Bonchev–Trinajstić information content (AvgIpc) is 1.42. The van der Waals surface area contributed by atoms with Crippen LogP contribution in [0.4, 0.5) is 13.2 Å². The van der Waals surface area contributed by atoms with Crippen LogP contribution < -0.4 is 0 Å². The molecule has 0 amide bonds. The second-order valence-electron chi connectivity index (χ2n) is 31.6. The van der Waals surface area contributed by atoms with Gasteiger partial charge in [0.25, 0.3) is 0 Å². The van der Waals surface area contributed by atoms with Gasteiger partial charge in [-0.2, -0.15) is 0 Å². The van der Waals surface area contributed by atoms with Crippen LogP contribution in [0, 0.1) is 53.0 Å². The summed E-state index contributed by atoms with van der Waals surface area (Å²) in [5.74, 6) is 1.55. The van der Waals surface area contributed by atoms with E-state index in [0.29, 0.717) is 107 Å². The quantitative estimate of drug-likeness (QED) is 0.132. The highest BCUT2D eigenvalue weighted by Crippen LogP contribution is 2.60. The molecule has 3 saturated carbocycles. The molecule has 9 atom stereocenters. The van der Waals surface area contributed by atoms with Crippen molar-refractivity contribution >= 4 is 17.4 Å². The van der Waals surface area contributed by atoms with Crippen LogP contribution in [0.2, 0.25) is 5.15 Å². The number of pyridine rings is 3. The van der Waals surface area contributed by atoms with E-state index >= 15 is 8.78 Å². The maximum Gasteiger partial charge on any atom is 0.171 e. The molecule has 8 aliphatic rings. The zero-order chi connectivity index (χ0) is 75.0. The van der Waals surface area contributed by atoms with Crippen molar-refractivity contribution in [2.75, 3.05) is 26.4 Å². The monoisotopic (exact) mass is 1480 g/mol. The van der Waals surface area contributed by atoms with E-state index in [4.69, 9.17) is 65.4 Å². The first kappa shape index (κ1) is 72.3. The van der Waals surface area contributed by atoms with E-state index in [1.54, 1.807) is 48.8 Å². The summed E-state index contributed by atoms with van der Waals surface area (Å²) >= 11 is 6.03. The molecule has 5 fully saturated rings. The molecule has 554 valence electrons. The summed E-state index contributed by atoms with van der Waals surface area (Å²) in [7, 11) is 0. The lowest BCUT2D eigenvalue weighted by atomic mass is 9.54. The first-order chi connectivity index (χ1) is 52.8. The van der Waals surface area contributed by atoms with Gasteiger partial charge in [-0.25, -0.2) is 48.1 Å². The number of fused-ring (bicyclic) bond motifs is 9. The van der Waals surface area contributed by atoms with Gasteiger partial charge in [0.1, 0.15) is 28.4 Å². The molecular weight excluding hydrogens is 1390 g/mol. The lowest BCUT2D eigenvalue weighted by Crippen LogP contribution is -2.55. The number of carbonyl (C=O) groups excluding carboxylic acids is 1. The van der Waals surface area contributed by atoms with Gasteiger partial charge in [0.2, 0.25) is 0 Å². The van der Waals surface area contributed by atoms with Crippen molar-refractivity contribution in [3.05, 3.63) is 245 Å². The highest BCUT2D eigenvalue weighted by Gasteiger charge is 2.60. The van der Waals surface area contributed by atoms with E-state index in [9.17, 15) is 9.18 Å². The Morgan fingerprint density at radius 2 is 0.725 bits per heavy atom. The Hall–Kier alpha value is -9.62. The predicted octanol–water partition coefficient (Wildman–Crippen LogP) is 19.8. The van der Waals surface area contributed by atoms with Crippen molar-refractivity contribution in [2.24, 2.45) is 35.5 Å². The van der Waals surface area contributed by atoms with Gasteiger partial charge < -0.3 is 18.9 Å². The van der Waals surface area contributed by atoms with Crippen molar-refractivity contribution in [1.82, 2.24) is 44.9 Å². The molecule has 11 aromatic rings. The fraction of sp³-hybridized carbons (Fsp3) is 0.363. The summed E-state index contributed by atoms with van der Waals surface area (Å²) in [5.41, 5.74) is 15.3. The number of nitrogens with zero attached hydrogens (tertiary/aromatic N) is 9. The molecular formula is C91H87ClF3N9O5. The van der Waals surface area contributed by atoms with Gasteiger partial charge in [0.15, 0.2) is 29.0 Å². The molecule has 0 radical (unpaired) electrons. The summed E-state index contributed by atoms with van der Waals surface area (Å²) < 4.78 is 70.0. The summed E-state index contributed by atoms with van der Waals surface area (Å²) in [6, 6.07) is 52.3. The van der Waals surface area contributed by atoms with Crippen LogP contribution >= 0.6 is 11.6 Å². The van der Waals surface area contributed by atoms with Crippen LogP contribution in [0.25, 0.3) is 90.5 Å². The maximum absolute atomic E-state index is 15.2. The zero-order valence-electron chi connectivity index (χ0n) is 62.3. The number of carbonyl (C=O) groups is 1. The lowest BCUT2D eigenvalue weighted by molar-refractivity contribution is -0.234. The second-order valence-corrected chi connectivity index (χ2v) is 32.0. The molecule has 6 aliphatic carbocycles. The van der Waals surface area contributed by atoms with E-state index in [-0.39, 0.29) is 57.4 Å². The minimum absolute atomic E-state index is 0.000880. The maximum atomic E-state index is 15.2. The fourth-order valence-corrected chi connectivity index (χ4v) is 20.1. The molecule has 0 bridgehead atoms. The first-order valence-electron chi connectivity index (χ1n) is 38.6. The Kier molecular flexibility index (Phi) is 19.2. The zero-order valence-corrected chi connectivity index (χ0v) is 63.0. The summed E-state index contributed by atoms with van der Waals surface area (Å²) in [6.45, 7) is 16.0. The van der Waals surface area contributed by atoms with Gasteiger partial charge in [-0.05, 0) is 148 Å². The number of ether oxygens (including phenoxy) is 4. The Balaban J connectivity index is 0.000000120. The van der Waals surface area contributed by atoms with Crippen LogP contribution in [-0.4, -0.2) is 88.6 Å². The Labute approximate surface area is 639 Å². The van der Waals surface area contributed by atoms with E-state index in [1.165, 1.54) is 18.2 Å². The third-order valence-electron chi connectivity index (χ3n) is 25.9. The molecule has 18 heteroatoms. The van der Waals surface area contributed by atoms with Gasteiger partial charge in [-0.1, -0.05) is 150 Å². The largest absolute Gasteiger partial charge is 0.347 e. The number of halogens is 4. The SMILES string of the molecule is C[C@@H]1[C@H]2CCc3c(-c4ccccc4F)nc(-c4ccc(-c5ccccc5)nc4)nc3[C@]2(C)CCC12OCCO2.C[C@@H]1[C@H]2CCc3c(-c4ccccc4F)nc(-c4ccc(Cl)nc4)nc3[C@]2(C)CCC12OCCO2.C[C@H]1C(=O)CC[C@@]2(C)c3nc(-c4ccc(-c5ccccc5)nc4)nc(-c4ccccc4F)c3CC[C@H]12. The third kappa shape index (κ3) is 12.9. The van der Waals surface area contributed by atoms with Crippen molar-refractivity contribution < 1.29 is 36.9 Å². The highest BCUT2D eigenvalue weighted by molar-refractivity contribution is 6.29. The van der Waals surface area contributed by atoms with Crippen molar-refractivity contribution in [2.45, 2.75) is 146 Å². The number of aromatic nitrogens is 9. The number of benzene rings is 5. The number of Topliss-reactive ketones (excluding diaryl/α,β-unsaturated/α-hetero) is 1. The van der Waals surface area contributed by atoms with E-state index in [2.05, 4.69) is 51.5 Å². The van der Waals surface area contributed by atoms with E-state index in [1.807, 2.05) is 121 Å². The highest BCUT2D eigenvalue weighted by atomic mass is 35.5. The molecule has 14 nitrogen and oxygen atoms in total. The molecule has 109 heavy (non-hydrogen) atoms. The van der Waals surface area contributed by atoms with Crippen LogP contribution in [0.5, 0.6) is 0 Å². The lowest BCUT2D eigenvalue weighted by Gasteiger charge is -2.54. The average molecular weight is 1480 g/mol. The first-order valence-corrected chi connectivity index (χ1v) is 39.0. The predicted molar refractivity (Wildman–Crippen MR) is 415 cm³/mol. The minimum atomic E-state index is -0.497. The van der Waals surface area contributed by atoms with Gasteiger partial charge in [-0.3, -0.25) is 14.8 Å². The summed E-state index contributed by atoms with van der Waals surface area (Å²) in [5, 5.41) is 0.408. The number of rotatable bonds is 8. The molecule has 0 unspecified atom stereocenters. The molecule has 2 saturated heterocycles. The van der Waals surface area contributed by atoms with E-state index < -0.39 is 11.6 Å². The molecule has 6 aromatic heterocycles. The second kappa shape index (κ2) is 29.0.